The Morgan fingerprint density at radius 2 is 2.05 bits per heavy atom. The number of carbonyl (C=O) groups is 1. The molecule has 4 heteroatoms. The highest BCUT2D eigenvalue weighted by Crippen LogP contribution is 2.27. The van der Waals surface area contributed by atoms with E-state index in [2.05, 4.69) is 17.5 Å². The van der Waals surface area contributed by atoms with Gasteiger partial charge in [-0.2, -0.15) is 5.10 Å². The lowest BCUT2D eigenvalue weighted by molar-refractivity contribution is -0.121. The van der Waals surface area contributed by atoms with Gasteiger partial charge in [0.25, 0.3) is 0 Å². The summed E-state index contributed by atoms with van der Waals surface area (Å²) in [5, 5.41) is 15.8. The highest BCUT2D eigenvalue weighted by molar-refractivity contribution is 5.97. The number of fused-ring (bicyclic) bond motifs is 1. The van der Waals surface area contributed by atoms with E-state index in [0.29, 0.717) is 12.0 Å². The Labute approximate surface area is 124 Å². The Kier molecular flexibility index (Phi) is 5.32. The molecule has 1 amide bonds. The van der Waals surface area contributed by atoms with Crippen molar-refractivity contribution in [2.45, 2.75) is 32.6 Å². The van der Waals surface area contributed by atoms with E-state index in [0.717, 1.165) is 30.0 Å². The molecular formula is C17H20N2O2. The van der Waals surface area contributed by atoms with Crippen LogP contribution in [0, 0.1) is 0 Å². The van der Waals surface area contributed by atoms with Gasteiger partial charge in [0, 0.05) is 17.4 Å². The van der Waals surface area contributed by atoms with Crippen LogP contribution in [0.25, 0.3) is 10.8 Å². The van der Waals surface area contributed by atoms with Crippen molar-refractivity contribution in [1.29, 1.82) is 0 Å². The van der Waals surface area contributed by atoms with Gasteiger partial charge >= 0.3 is 0 Å². The molecule has 0 aliphatic heterocycles. The Morgan fingerprint density at radius 3 is 2.86 bits per heavy atom. The fourth-order valence-electron chi connectivity index (χ4n) is 2.14. The molecule has 0 atom stereocenters. The molecule has 4 nitrogen and oxygen atoms in total. The van der Waals surface area contributed by atoms with Crippen LogP contribution in [0.4, 0.5) is 0 Å². The fraction of sp³-hybridized carbons (Fsp3) is 0.294. The van der Waals surface area contributed by atoms with Crippen molar-refractivity contribution in [3.05, 3.63) is 42.0 Å². The molecule has 110 valence electrons. The van der Waals surface area contributed by atoms with Crippen molar-refractivity contribution < 1.29 is 9.90 Å². The second-order valence-electron chi connectivity index (χ2n) is 4.97. The molecule has 0 fully saturated rings. The van der Waals surface area contributed by atoms with Crippen LogP contribution in [-0.4, -0.2) is 17.2 Å². The average Bonchev–Trinajstić information content (AvgIpc) is 2.50. The molecule has 2 aromatic rings. The van der Waals surface area contributed by atoms with Crippen molar-refractivity contribution >= 4 is 22.9 Å². The molecule has 0 aliphatic carbocycles. The predicted molar refractivity (Wildman–Crippen MR) is 85.5 cm³/mol. The second-order valence-corrected chi connectivity index (χ2v) is 4.97. The van der Waals surface area contributed by atoms with Crippen LogP contribution in [0.15, 0.2) is 41.5 Å². The summed E-state index contributed by atoms with van der Waals surface area (Å²) in [7, 11) is 0. The number of carbonyl (C=O) groups excluding carboxylic acids is 1. The van der Waals surface area contributed by atoms with E-state index < -0.39 is 0 Å². The van der Waals surface area contributed by atoms with Crippen LogP contribution >= 0.6 is 0 Å². The average molecular weight is 284 g/mol. The number of hydrazone groups is 1. The monoisotopic (exact) mass is 284 g/mol. The lowest BCUT2D eigenvalue weighted by Crippen LogP contribution is -2.16. The molecule has 0 saturated heterocycles. The zero-order valence-corrected chi connectivity index (χ0v) is 12.2. The first-order chi connectivity index (χ1) is 10.2. The maximum atomic E-state index is 11.5. The molecule has 21 heavy (non-hydrogen) atoms. The van der Waals surface area contributed by atoms with Crippen molar-refractivity contribution in [3.63, 3.8) is 0 Å². The smallest absolute Gasteiger partial charge is 0.240 e. The standard InChI is InChI=1S/C17H20N2O2/c1-2-3-4-9-16(20)19-18-12-14-11-10-13-7-5-6-8-15(13)17(14)21/h5-8,10-12,21H,2-4,9H2,1H3,(H,19,20)/b18-12+. The Balaban J connectivity index is 2.01. The van der Waals surface area contributed by atoms with Crippen LogP contribution in [0.1, 0.15) is 38.2 Å². The first-order valence-electron chi connectivity index (χ1n) is 7.25. The molecule has 0 bridgehead atoms. The highest BCUT2D eigenvalue weighted by Gasteiger charge is 2.04. The largest absolute Gasteiger partial charge is 0.507 e. The van der Waals surface area contributed by atoms with E-state index >= 15 is 0 Å². The zero-order valence-electron chi connectivity index (χ0n) is 12.2. The normalized spacial score (nSPS) is 11.1. The first kappa shape index (κ1) is 15.0. The lowest BCUT2D eigenvalue weighted by Gasteiger charge is -2.04. The van der Waals surface area contributed by atoms with Crippen molar-refractivity contribution in [1.82, 2.24) is 5.43 Å². The van der Waals surface area contributed by atoms with Gasteiger partial charge in [-0.25, -0.2) is 5.43 Å². The number of rotatable bonds is 6. The van der Waals surface area contributed by atoms with E-state index in [-0.39, 0.29) is 11.7 Å². The zero-order chi connectivity index (χ0) is 15.1. The first-order valence-corrected chi connectivity index (χ1v) is 7.25. The predicted octanol–water partition coefficient (Wildman–Crippen LogP) is 3.58. The molecule has 2 rings (SSSR count). The number of nitrogens with one attached hydrogen (secondary N) is 1. The van der Waals surface area contributed by atoms with Crippen LogP contribution in [0.5, 0.6) is 5.75 Å². The summed E-state index contributed by atoms with van der Waals surface area (Å²) in [5.41, 5.74) is 3.07. The molecule has 0 spiro atoms. The highest BCUT2D eigenvalue weighted by atomic mass is 16.3. The minimum absolute atomic E-state index is 0.0972. The molecule has 0 unspecified atom stereocenters. The number of aromatic hydroxyl groups is 1. The summed E-state index contributed by atoms with van der Waals surface area (Å²) >= 11 is 0. The van der Waals surface area contributed by atoms with Gasteiger partial charge in [-0.15, -0.1) is 0 Å². The number of phenolic OH excluding ortho intramolecular Hbond substituents is 1. The molecular weight excluding hydrogens is 264 g/mol. The summed E-state index contributed by atoms with van der Waals surface area (Å²) in [6.07, 6.45) is 4.96. The maximum absolute atomic E-state index is 11.5. The van der Waals surface area contributed by atoms with E-state index in [1.165, 1.54) is 6.21 Å². The number of amides is 1. The minimum Gasteiger partial charge on any atom is -0.507 e. The Hall–Kier alpha value is -2.36. The topological polar surface area (TPSA) is 61.7 Å². The van der Waals surface area contributed by atoms with E-state index in [1.807, 2.05) is 30.3 Å². The van der Waals surface area contributed by atoms with Crippen LogP contribution < -0.4 is 5.43 Å². The lowest BCUT2D eigenvalue weighted by atomic mass is 10.1. The van der Waals surface area contributed by atoms with E-state index in [4.69, 9.17) is 0 Å². The molecule has 0 aromatic heterocycles. The third-order valence-electron chi connectivity index (χ3n) is 3.33. The number of unbranched alkanes of at least 4 members (excludes halogenated alkanes) is 2. The Bertz CT molecular complexity index is 650. The number of phenols is 1. The number of hydrogen-bond donors (Lipinski definition) is 2. The molecule has 0 saturated carbocycles. The van der Waals surface area contributed by atoms with Gasteiger partial charge in [-0.1, -0.05) is 50.1 Å². The van der Waals surface area contributed by atoms with Crippen LogP contribution in [0.2, 0.25) is 0 Å². The molecule has 0 heterocycles. The fourth-order valence-corrected chi connectivity index (χ4v) is 2.14. The number of hydrogen-bond acceptors (Lipinski definition) is 3. The number of nitrogens with zero attached hydrogens (tertiary/aromatic N) is 1. The minimum atomic E-state index is -0.0972. The van der Waals surface area contributed by atoms with Gasteiger partial charge in [0.05, 0.1) is 6.21 Å². The summed E-state index contributed by atoms with van der Waals surface area (Å²) < 4.78 is 0. The summed E-state index contributed by atoms with van der Waals surface area (Å²) in [4.78, 5) is 11.5. The van der Waals surface area contributed by atoms with Gasteiger partial charge in [-0.3, -0.25) is 4.79 Å². The quantitative estimate of drug-likeness (QED) is 0.484. The third kappa shape index (κ3) is 4.05. The van der Waals surface area contributed by atoms with Crippen molar-refractivity contribution in [2.24, 2.45) is 5.10 Å². The molecule has 2 N–H and O–H groups in total. The summed E-state index contributed by atoms with van der Waals surface area (Å²) in [6, 6.07) is 11.3. The SMILES string of the molecule is CCCCCC(=O)N/N=C/c1ccc2ccccc2c1O. The van der Waals surface area contributed by atoms with Crippen LogP contribution in [0.3, 0.4) is 0 Å². The van der Waals surface area contributed by atoms with Gasteiger partial charge in [-0.05, 0) is 17.9 Å². The second kappa shape index (κ2) is 7.43. The third-order valence-corrected chi connectivity index (χ3v) is 3.33. The van der Waals surface area contributed by atoms with Gasteiger partial charge in [0.1, 0.15) is 5.75 Å². The maximum Gasteiger partial charge on any atom is 0.240 e. The Morgan fingerprint density at radius 1 is 1.24 bits per heavy atom. The molecule has 2 aromatic carbocycles. The summed E-state index contributed by atoms with van der Waals surface area (Å²) in [6.45, 7) is 2.10. The van der Waals surface area contributed by atoms with Gasteiger partial charge in [0.2, 0.25) is 5.91 Å². The van der Waals surface area contributed by atoms with Crippen LogP contribution in [-0.2, 0) is 4.79 Å². The molecule has 0 radical (unpaired) electrons. The number of benzene rings is 2. The van der Waals surface area contributed by atoms with E-state index in [9.17, 15) is 9.90 Å². The van der Waals surface area contributed by atoms with Crippen molar-refractivity contribution in [2.75, 3.05) is 0 Å². The van der Waals surface area contributed by atoms with Gasteiger partial charge < -0.3 is 5.11 Å². The molecule has 0 aliphatic rings. The van der Waals surface area contributed by atoms with E-state index in [1.54, 1.807) is 6.07 Å². The van der Waals surface area contributed by atoms with Crippen molar-refractivity contribution in [3.8, 4) is 5.75 Å². The summed E-state index contributed by atoms with van der Waals surface area (Å²) in [5.74, 6) is 0.0806. The van der Waals surface area contributed by atoms with Gasteiger partial charge in [0.15, 0.2) is 0 Å².